The first kappa shape index (κ1) is 12.1. The van der Waals surface area contributed by atoms with Crippen molar-refractivity contribution in [3.8, 4) is 0 Å². The topological polar surface area (TPSA) is 32.3 Å². The average Bonchev–Trinajstić information content (AvgIpc) is 2.85. The molecular weight excluding hydrogens is 244 g/mol. The lowest BCUT2D eigenvalue weighted by molar-refractivity contribution is -0.132. The van der Waals surface area contributed by atoms with Crippen LogP contribution in [0.3, 0.4) is 0 Å². The Kier molecular flexibility index (Phi) is 3.57. The SMILES string of the molecule is O=C(C1CSCN1)N1CCc2ccccc2CC1. The van der Waals surface area contributed by atoms with Crippen LogP contribution in [0.15, 0.2) is 24.3 Å². The van der Waals surface area contributed by atoms with Crippen molar-refractivity contribution in [1.82, 2.24) is 10.2 Å². The summed E-state index contributed by atoms with van der Waals surface area (Å²) >= 11 is 1.81. The maximum Gasteiger partial charge on any atom is 0.240 e. The molecule has 1 fully saturated rings. The zero-order valence-electron chi connectivity index (χ0n) is 10.4. The molecular formula is C14H18N2OS. The number of nitrogens with one attached hydrogen (secondary N) is 1. The summed E-state index contributed by atoms with van der Waals surface area (Å²) in [4.78, 5) is 14.4. The van der Waals surface area contributed by atoms with E-state index < -0.39 is 0 Å². The molecule has 2 aliphatic heterocycles. The zero-order chi connectivity index (χ0) is 12.4. The normalized spacial score (nSPS) is 23.6. The van der Waals surface area contributed by atoms with E-state index in [4.69, 9.17) is 0 Å². The van der Waals surface area contributed by atoms with E-state index in [0.717, 1.165) is 37.6 Å². The van der Waals surface area contributed by atoms with E-state index in [1.54, 1.807) is 0 Å². The number of thioether (sulfide) groups is 1. The molecule has 18 heavy (non-hydrogen) atoms. The number of carbonyl (C=O) groups excluding carboxylic acids is 1. The van der Waals surface area contributed by atoms with E-state index >= 15 is 0 Å². The summed E-state index contributed by atoms with van der Waals surface area (Å²) in [5.74, 6) is 2.11. The van der Waals surface area contributed by atoms with E-state index in [-0.39, 0.29) is 11.9 Å². The molecule has 3 rings (SSSR count). The monoisotopic (exact) mass is 262 g/mol. The first-order valence-electron chi connectivity index (χ1n) is 6.51. The predicted octanol–water partition coefficient (Wildman–Crippen LogP) is 1.28. The van der Waals surface area contributed by atoms with Gasteiger partial charge in [0, 0.05) is 24.7 Å². The van der Waals surface area contributed by atoms with Crippen molar-refractivity contribution in [2.45, 2.75) is 18.9 Å². The second-order valence-corrected chi connectivity index (χ2v) is 5.90. The smallest absolute Gasteiger partial charge is 0.240 e. The van der Waals surface area contributed by atoms with Crippen molar-refractivity contribution in [2.24, 2.45) is 0 Å². The maximum absolute atomic E-state index is 12.4. The van der Waals surface area contributed by atoms with Gasteiger partial charge in [-0.2, -0.15) is 0 Å². The van der Waals surface area contributed by atoms with E-state index in [1.807, 2.05) is 16.7 Å². The minimum Gasteiger partial charge on any atom is -0.341 e. The van der Waals surface area contributed by atoms with Crippen LogP contribution in [0.1, 0.15) is 11.1 Å². The molecule has 0 saturated carbocycles. The molecule has 1 unspecified atom stereocenters. The highest BCUT2D eigenvalue weighted by Gasteiger charge is 2.28. The molecule has 1 aromatic rings. The Morgan fingerprint density at radius 1 is 1.22 bits per heavy atom. The van der Waals surface area contributed by atoms with Gasteiger partial charge in [0.1, 0.15) is 0 Å². The zero-order valence-corrected chi connectivity index (χ0v) is 11.2. The summed E-state index contributed by atoms with van der Waals surface area (Å²) < 4.78 is 0. The molecule has 1 N–H and O–H groups in total. The lowest BCUT2D eigenvalue weighted by Crippen LogP contribution is -2.45. The number of carbonyl (C=O) groups is 1. The van der Waals surface area contributed by atoms with Crippen LogP contribution in [-0.2, 0) is 17.6 Å². The first-order valence-corrected chi connectivity index (χ1v) is 7.67. The van der Waals surface area contributed by atoms with Gasteiger partial charge in [0.15, 0.2) is 0 Å². The molecule has 0 spiro atoms. The quantitative estimate of drug-likeness (QED) is 0.827. The van der Waals surface area contributed by atoms with E-state index in [2.05, 4.69) is 29.6 Å². The van der Waals surface area contributed by atoms with Crippen LogP contribution < -0.4 is 5.32 Å². The lowest BCUT2D eigenvalue weighted by Gasteiger charge is -2.23. The fourth-order valence-corrected chi connectivity index (χ4v) is 3.60. The van der Waals surface area contributed by atoms with Crippen LogP contribution in [0.2, 0.25) is 0 Å². The molecule has 2 heterocycles. The third kappa shape index (κ3) is 2.40. The largest absolute Gasteiger partial charge is 0.341 e. The Balaban J connectivity index is 1.69. The Morgan fingerprint density at radius 3 is 2.44 bits per heavy atom. The van der Waals surface area contributed by atoms with Crippen LogP contribution in [0.5, 0.6) is 0 Å². The summed E-state index contributed by atoms with van der Waals surface area (Å²) in [6, 6.07) is 8.59. The van der Waals surface area contributed by atoms with Gasteiger partial charge in [-0.25, -0.2) is 0 Å². The summed E-state index contributed by atoms with van der Waals surface area (Å²) in [6.07, 6.45) is 1.98. The molecule has 1 amide bonds. The molecule has 3 nitrogen and oxygen atoms in total. The molecule has 0 aliphatic carbocycles. The Labute approximate surface area is 112 Å². The van der Waals surface area contributed by atoms with Crippen LogP contribution in [0.4, 0.5) is 0 Å². The number of rotatable bonds is 1. The van der Waals surface area contributed by atoms with Gasteiger partial charge >= 0.3 is 0 Å². The van der Waals surface area contributed by atoms with Crippen LogP contribution in [0, 0.1) is 0 Å². The van der Waals surface area contributed by atoms with Crippen molar-refractivity contribution in [3.63, 3.8) is 0 Å². The molecule has 0 aromatic heterocycles. The van der Waals surface area contributed by atoms with E-state index in [0.29, 0.717) is 0 Å². The molecule has 96 valence electrons. The van der Waals surface area contributed by atoms with Crippen molar-refractivity contribution < 1.29 is 4.79 Å². The van der Waals surface area contributed by atoms with Gasteiger partial charge in [0.25, 0.3) is 0 Å². The van der Waals surface area contributed by atoms with Crippen molar-refractivity contribution in [2.75, 3.05) is 24.7 Å². The van der Waals surface area contributed by atoms with E-state index in [1.165, 1.54) is 11.1 Å². The van der Waals surface area contributed by atoms with Crippen molar-refractivity contribution >= 4 is 17.7 Å². The van der Waals surface area contributed by atoms with Gasteiger partial charge < -0.3 is 4.90 Å². The van der Waals surface area contributed by atoms with Gasteiger partial charge in [0.2, 0.25) is 5.91 Å². The fraction of sp³-hybridized carbons (Fsp3) is 0.500. The van der Waals surface area contributed by atoms with Gasteiger partial charge in [-0.1, -0.05) is 24.3 Å². The van der Waals surface area contributed by atoms with E-state index in [9.17, 15) is 4.79 Å². The number of fused-ring (bicyclic) bond motifs is 1. The minimum atomic E-state index is 0.0382. The Hall–Kier alpha value is -1.00. The number of hydrogen-bond acceptors (Lipinski definition) is 3. The third-order valence-electron chi connectivity index (χ3n) is 3.75. The van der Waals surface area contributed by atoms with Crippen LogP contribution in [-0.4, -0.2) is 41.6 Å². The van der Waals surface area contributed by atoms with Gasteiger partial charge in [0.05, 0.1) is 6.04 Å². The second-order valence-electron chi connectivity index (χ2n) is 4.87. The second kappa shape index (κ2) is 5.33. The summed E-state index contributed by atoms with van der Waals surface area (Å²) in [5, 5.41) is 3.27. The van der Waals surface area contributed by atoms with Gasteiger partial charge in [-0.3, -0.25) is 10.1 Å². The molecule has 2 aliphatic rings. The highest BCUT2D eigenvalue weighted by Crippen LogP contribution is 2.18. The van der Waals surface area contributed by atoms with Gasteiger partial charge in [-0.05, 0) is 24.0 Å². The number of nitrogens with zero attached hydrogens (tertiary/aromatic N) is 1. The molecule has 0 bridgehead atoms. The lowest BCUT2D eigenvalue weighted by atomic mass is 10.0. The van der Waals surface area contributed by atoms with Crippen molar-refractivity contribution in [3.05, 3.63) is 35.4 Å². The predicted molar refractivity (Wildman–Crippen MR) is 74.7 cm³/mol. The molecule has 1 saturated heterocycles. The van der Waals surface area contributed by atoms with Crippen LogP contribution in [0.25, 0.3) is 0 Å². The molecule has 1 aromatic carbocycles. The average molecular weight is 262 g/mol. The summed E-state index contributed by atoms with van der Waals surface area (Å²) in [7, 11) is 0. The highest BCUT2D eigenvalue weighted by molar-refractivity contribution is 7.99. The standard InChI is InChI=1S/C14H18N2OS/c17-14(13-9-18-10-15-13)16-7-5-11-3-1-2-4-12(11)6-8-16/h1-4,13,15H,5-10H2. The molecule has 0 radical (unpaired) electrons. The first-order chi connectivity index (χ1) is 8.84. The molecule has 1 atom stereocenters. The fourth-order valence-electron chi connectivity index (χ4n) is 2.66. The summed E-state index contributed by atoms with van der Waals surface area (Å²) in [5.41, 5.74) is 2.81. The van der Waals surface area contributed by atoms with Gasteiger partial charge in [-0.15, -0.1) is 11.8 Å². The minimum absolute atomic E-state index is 0.0382. The third-order valence-corrected chi connectivity index (χ3v) is 4.69. The van der Waals surface area contributed by atoms with Crippen molar-refractivity contribution in [1.29, 1.82) is 0 Å². The number of amides is 1. The highest BCUT2D eigenvalue weighted by atomic mass is 32.2. The summed E-state index contributed by atoms with van der Waals surface area (Å²) in [6.45, 7) is 1.72. The van der Waals surface area contributed by atoms with Crippen LogP contribution >= 0.6 is 11.8 Å². The maximum atomic E-state index is 12.4. The Bertz CT molecular complexity index is 416. The number of benzene rings is 1. The number of hydrogen-bond donors (Lipinski definition) is 1. The molecule has 4 heteroatoms. The Morgan fingerprint density at radius 2 is 1.89 bits per heavy atom.